The van der Waals surface area contributed by atoms with E-state index in [1.165, 1.54) is 0 Å². The molecule has 1 heterocycles. The summed E-state index contributed by atoms with van der Waals surface area (Å²) < 4.78 is 0. The number of rotatable bonds is 3. The van der Waals surface area contributed by atoms with E-state index in [0.29, 0.717) is 0 Å². The zero-order chi connectivity index (χ0) is 8.97. The molecule has 3 N–H and O–H groups in total. The van der Waals surface area contributed by atoms with Gasteiger partial charge in [-0.3, -0.25) is 4.79 Å². The number of aromatic amines is 1. The average Bonchev–Trinajstić information content (AvgIpc) is 2.51. The summed E-state index contributed by atoms with van der Waals surface area (Å²) in [5.41, 5.74) is 0. The molecule has 0 unspecified atom stereocenters. The fraction of sp³-hybridized carbons (Fsp3) is 0.600. The van der Waals surface area contributed by atoms with Crippen LogP contribution in [0.25, 0.3) is 0 Å². The van der Waals surface area contributed by atoms with Gasteiger partial charge in [-0.15, -0.1) is 10.2 Å². The monoisotopic (exact) mass is 171 g/mol. The van der Waals surface area contributed by atoms with Gasteiger partial charge in [-0.1, -0.05) is 0 Å². The molecule has 1 aromatic rings. The highest BCUT2D eigenvalue weighted by Gasteiger charge is 2.09. The second-order valence-corrected chi connectivity index (χ2v) is 2.29. The van der Waals surface area contributed by atoms with Crippen LogP contribution in [0.2, 0.25) is 0 Å². The molecule has 0 aliphatic rings. The van der Waals surface area contributed by atoms with Crippen molar-refractivity contribution in [2.24, 2.45) is 0 Å². The predicted molar refractivity (Wildman–Crippen MR) is 38.2 cm³/mol. The topological polar surface area (TPSA) is 104 Å². The number of carbonyl (C=O) groups is 1. The second-order valence-electron chi connectivity index (χ2n) is 2.29. The van der Waals surface area contributed by atoms with Crippen LogP contribution in [0.3, 0.4) is 0 Å². The fourth-order valence-corrected chi connectivity index (χ4v) is 0.577. The zero-order valence-electron chi connectivity index (χ0n) is 6.48. The summed E-state index contributed by atoms with van der Waals surface area (Å²) in [7, 11) is 0. The summed E-state index contributed by atoms with van der Waals surface area (Å²) in [6, 6.07) is 0. The molecule has 0 aliphatic heterocycles. The molecule has 66 valence electrons. The lowest BCUT2D eigenvalue weighted by atomic mass is 10.4. The Kier molecular flexibility index (Phi) is 2.70. The second kappa shape index (κ2) is 3.77. The summed E-state index contributed by atoms with van der Waals surface area (Å²) in [6.45, 7) is 1.74. The molecule has 7 nitrogen and oxygen atoms in total. The predicted octanol–water partition coefficient (Wildman–Crippen LogP) is -1.69. The van der Waals surface area contributed by atoms with Gasteiger partial charge in [-0.2, -0.15) is 5.21 Å². The van der Waals surface area contributed by atoms with Gasteiger partial charge in [0.1, 0.15) is 0 Å². The first-order chi connectivity index (χ1) is 5.70. The molecule has 7 heteroatoms. The molecule has 0 saturated carbocycles. The highest BCUT2D eigenvalue weighted by atomic mass is 16.3. The minimum atomic E-state index is -0.583. The summed E-state index contributed by atoms with van der Waals surface area (Å²) in [6.07, 6.45) is -0.583. The molecular formula is C5H9N5O2. The Morgan fingerprint density at radius 3 is 3.08 bits per heavy atom. The third-order valence-corrected chi connectivity index (χ3v) is 1.11. The van der Waals surface area contributed by atoms with Crippen LogP contribution in [0.15, 0.2) is 0 Å². The normalized spacial score (nSPS) is 12.5. The van der Waals surface area contributed by atoms with E-state index < -0.39 is 12.0 Å². The van der Waals surface area contributed by atoms with Gasteiger partial charge in [0.05, 0.1) is 6.10 Å². The Morgan fingerprint density at radius 1 is 1.83 bits per heavy atom. The smallest absolute Gasteiger partial charge is 0.292 e. The van der Waals surface area contributed by atoms with Crippen LogP contribution in [0.4, 0.5) is 0 Å². The summed E-state index contributed by atoms with van der Waals surface area (Å²) in [4.78, 5) is 11.0. The molecule has 1 amide bonds. The number of carbonyl (C=O) groups excluding carboxylic acids is 1. The SMILES string of the molecule is C[C@@H](O)CNC(=O)c1nn[nH]n1. The molecule has 0 aliphatic carbocycles. The number of aliphatic hydroxyl groups is 1. The van der Waals surface area contributed by atoms with Crippen LogP contribution < -0.4 is 5.32 Å². The van der Waals surface area contributed by atoms with E-state index in [2.05, 4.69) is 25.9 Å². The van der Waals surface area contributed by atoms with Crippen molar-refractivity contribution in [2.45, 2.75) is 13.0 Å². The Labute approximate surface area is 68.2 Å². The summed E-state index contributed by atoms with van der Waals surface area (Å²) >= 11 is 0. The molecule has 1 atom stereocenters. The van der Waals surface area contributed by atoms with Crippen LogP contribution >= 0.6 is 0 Å². The number of aliphatic hydroxyl groups excluding tert-OH is 1. The van der Waals surface area contributed by atoms with Gasteiger partial charge in [0.25, 0.3) is 11.7 Å². The molecule has 0 radical (unpaired) electrons. The van der Waals surface area contributed by atoms with Gasteiger partial charge >= 0.3 is 0 Å². The molecule has 1 aromatic heterocycles. The third-order valence-electron chi connectivity index (χ3n) is 1.11. The Balaban J connectivity index is 2.40. The van der Waals surface area contributed by atoms with Crippen LogP contribution in [0.5, 0.6) is 0 Å². The lowest BCUT2D eigenvalue weighted by Crippen LogP contribution is -2.31. The number of H-pyrrole nitrogens is 1. The zero-order valence-corrected chi connectivity index (χ0v) is 6.48. The first-order valence-electron chi connectivity index (χ1n) is 3.40. The van der Waals surface area contributed by atoms with Crippen molar-refractivity contribution in [2.75, 3.05) is 6.54 Å². The Morgan fingerprint density at radius 2 is 2.58 bits per heavy atom. The standard InChI is InChI=1S/C5H9N5O2/c1-3(11)2-6-5(12)4-7-9-10-8-4/h3,11H,2H2,1H3,(H,6,12)(H,7,8,9,10)/t3-/m1/s1. The highest BCUT2D eigenvalue weighted by molar-refractivity contribution is 5.89. The van der Waals surface area contributed by atoms with Gasteiger partial charge in [0.2, 0.25) is 0 Å². The number of tetrazole rings is 1. The maximum Gasteiger partial charge on any atom is 0.292 e. The number of nitrogens with zero attached hydrogens (tertiary/aromatic N) is 3. The number of aromatic nitrogens is 4. The van der Waals surface area contributed by atoms with Crippen molar-refractivity contribution < 1.29 is 9.90 Å². The van der Waals surface area contributed by atoms with Gasteiger partial charge in [0.15, 0.2) is 0 Å². The van der Waals surface area contributed by atoms with E-state index in [-0.39, 0.29) is 12.4 Å². The van der Waals surface area contributed by atoms with Gasteiger partial charge < -0.3 is 10.4 Å². The first-order valence-corrected chi connectivity index (χ1v) is 3.40. The van der Waals surface area contributed by atoms with Crippen molar-refractivity contribution >= 4 is 5.91 Å². The van der Waals surface area contributed by atoms with Gasteiger partial charge in [0, 0.05) is 6.54 Å². The molecule has 0 spiro atoms. The Hall–Kier alpha value is -1.50. The van der Waals surface area contributed by atoms with Gasteiger partial charge in [-0.25, -0.2) is 0 Å². The molecule has 0 bridgehead atoms. The Bertz CT molecular complexity index is 244. The van der Waals surface area contributed by atoms with Crippen molar-refractivity contribution in [1.82, 2.24) is 25.9 Å². The molecule has 0 fully saturated rings. The van der Waals surface area contributed by atoms with Crippen molar-refractivity contribution in [3.05, 3.63) is 5.82 Å². The lowest BCUT2D eigenvalue weighted by Gasteiger charge is -2.03. The largest absolute Gasteiger partial charge is 0.392 e. The van der Waals surface area contributed by atoms with E-state index in [9.17, 15) is 4.79 Å². The first kappa shape index (κ1) is 8.60. The summed E-state index contributed by atoms with van der Waals surface area (Å²) in [5, 5.41) is 23.5. The molecular weight excluding hydrogens is 162 g/mol. The maximum atomic E-state index is 11.0. The quantitative estimate of drug-likeness (QED) is 0.503. The number of amides is 1. The van der Waals surface area contributed by atoms with E-state index in [1.54, 1.807) is 6.92 Å². The maximum absolute atomic E-state index is 11.0. The lowest BCUT2D eigenvalue weighted by molar-refractivity contribution is 0.0914. The number of hydrogen-bond acceptors (Lipinski definition) is 5. The number of nitrogens with one attached hydrogen (secondary N) is 2. The van der Waals surface area contributed by atoms with Crippen molar-refractivity contribution in [1.29, 1.82) is 0 Å². The number of hydrogen-bond donors (Lipinski definition) is 3. The molecule has 0 aromatic carbocycles. The minimum Gasteiger partial charge on any atom is -0.392 e. The van der Waals surface area contributed by atoms with E-state index in [0.717, 1.165) is 0 Å². The van der Waals surface area contributed by atoms with Crippen LogP contribution in [0, 0.1) is 0 Å². The highest BCUT2D eigenvalue weighted by Crippen LogP contribution is 1.83. The van der Waals surface area contributed by atoms with E-state index in [1.807, 2.05) is 0 Å². The third kappa shape index (κ3) is 2.27. The van der Waals surface area contributed by atoms with Crippen LogP contribution in [0.1, 0.15) is 17.5 Å². The van der Waals surface area contributed by atoms with E-state index >= 15 is 0 Å². The van der Waals surface area contributed by atoms with E-state index in [4.69, 9.17) is 5.11 Å². The van der Waals surface area contributed by atoms with Crippen molar-refractivity contribution in [3.8, 4) is 0 Å². The summed E-state index contributed by atoms with van der Waals surface area (Å²) in [5.74, 6) is -0.486. The molecule has 0 saturated heterocycles. The van der Waals surface area contributed by atoms with Crippen molar-refractivity contribution in [3.63, 3.8) is 0 Å². The minimum absolute atomic E-state index is 0.0318. The van der Waals surface area contributed by atoms with Crippen LogP contribution in [-0.4, -0.2) is 44.3 Å². The molecule has 12 heavy (non-hydrogen) atoms. The average molecular weight is 171 g/mol. The van der Waals surface area contributed by atoms with Crippen LogP contribution in [-0.2, 0) is 0 Å². The fourth-order valence-electron chi connectivity index (χ4n) is 0.577. The van der Waals surface area contributed by atoms with Gasteiger partial charge in [-0.05, 0) is 12.1 Å². The molecule has 1 rings (SSSR count).